The molecule has 0 spiro atoms. The third-order valence-electron chi connectivity index (χ3n) is 3.95. The van der Waals surface area contributed by atoms with Crippen molar-refractivity contribution in [1.29, 1.82) is 0 Å². The summed E-state index contributed by atoms with van der Waals surface area (Å²) in [6.45, 7) is 5.75. The Balaban J connectivity index is 1.95. The van der Waals surface area contributed by atoms with Gasteiger partial charge in [0.05, 0.1) is 0 Å². The number of carboxylic acids is 1. The number of hydrogen-bond donors (Lipinski definition) is 2. The molecule has 21 heavy (non-hydrogen) atoms. The monoisotopic (exact) mass is 313 g/mol. The van der Waals surface area contributed by atoms with E-state index in [-0.39, 0.29) is 12.0 Å². The van der Waals surface area contributed by atoms with E-state index in [4.69, 9.17) is 4.42 Å². The summed E-state index contributed by atoms with van der Waals surface area (Å²) in [5, 5.41) is 21.3. The van der Waals surface area contributed by atoms with Gasteiger partial charge in [-0.3, -0.25) is 10.1 Å². The van der Waals surface area contributed by atoms with E-state index in [1.54, 1.807) is 6.92 Å². The number of rotatable bonds is 7. The fourth-order valence-electron chi connectivity index (χ4n) is 3.14. The molecule has 0 saturated heterocycles. The molecule has 6 nitrogen and oxygen atoms in total. The predicted molar refractivity (Wildman–Crippen MR) is 80.4 cm³/mol. The van der Waals surface area contributed by atoms with E-state index in [2.05, 4.69) is 15.5 Å². The second kappa shape index (κ2) is 6.79. The molecule has 1 saturated carbocycles. The Kier molecular flexibility index (Phi) is 5.27. The van der Waals surface area contributed by atoms with E-state index in [1.807, 2.05) is 13.8 Å². The molecule has 1 fully saturated rings. The maximum atomic E-state index is 11.8. The number of thioether (sulfide) groups is 1. The fraction of sp³-hybridized carbons (Fsp3) is 0.786. The molecule has 1 aromatic heterocycles. The van der Waals surface area contributed by atoms with Crippen LogP contribution in [0.3, 0.4) is 0 Å². The Morgan fingerprint density at radius 1 is 1.57 bits per heavy atom. The lowest BCUT2D eigenvalue weighted by molar-refractivity contribution is -0.147. The first-order chi connectivity index (χ1) is 9.94. The van der Waals surface area contributed by atoms with Crippen LogP contribution >= 0.6 is 11.8 Å². The van der Waals surface area contributed by atoms with Crippen molar-refractivity contribution in [2.24, 2.45) is 5.92 Å². The number of carboxylic acid groups (broad SMARTS) is 1. The molecule has 1 heterocycles. The van der Waals surface area contributed by atoms with Crippen molar-refractivity contribution in [3.05, 3.63) is 5.89 Å². The number of carbonyl (C=O) groups is 1. The van der Waals surface area contributed by atoms with Crippen molar-refractivity contribution in [1.82, 2.24) is 15.5 Å². The van der Waals surface area contributed by atoms with Crippen molar-refractivity contribution in [2.75, 3.05) is 5.75 Å². The van der Waals surface area contributed by atoms with Crippen LogP contribution < -0.4 is 5.32 Å². The Labute approximate surface area is 129 Å². The molecular weight excluding hydrogens is 290 g/mol. The van der Waals surface area contributed by atoms with Crippen LogP contribution in [0.2, 0.25) is 0 Å². The van der Waals surface area contributed by atoms with Crippen molar-refractivity contribution >= 4 is 17.7 Å². The van der Waals surface area contributed by atoms with Crippen molar-refractivity contribution in [3.63, 3.8) is 0 Å². The van der Waals surface area contributed by atoms with Gasteiger partial charge >= 0.3 is 5.97 Å². The van der Waals surface area contributed by atoms with E-state index < -0.39 is 11.5 Å². The molecule has 2 rings (SSSR count). The summed E-state index contributed by atoms with van der Waals surface area (Å²) >= 11 is 1.50. The molecule has 0 radical (unpaired) electrons. The molecule has 1 aromatic rings. The summed E-state index contributed by atoms with van der Waals surface area (Å²) in [6, 6.07) is 0.160. The Morgan fingerprint density at radius 3 is 2.90 bits per heavy atom. The average Bonchev–Trinajstić information content (AvgIpc) is 2.97. The van der Waals surface area contributed by atoms with E-state index in [1.165, 1.54) is 11.8 Å². The summed E-state index contributed by atoms with van der Waals surface area (Å²) in [6.07, 6.45) is 3.45. The van der Waals surface area contributed by atoms with Crippen LogP contribution in [0.4, 0.5) is 0 Å². The number of nitrogens with one attached hydrogen (secondary N) is 1. The van der Waals surface area contributed by atoms with Gasteiger partial charge in [-0.2, -0.15) is 0 Å². The van der Waals surface area contributed by atoms with Gasteiger partial charge in [0.15, 0.2) is 0 Å². The third kappa shape index (κ3) is 3.77. The first-order valence-corrected chi connectivity index (χ1v) is 8.36. The zero-order chi connectivity index (χ0) is 15.5. The first-order valence-electron chi connectivity index (χ1n) is 7.38. The standard InChI is InChI=1S/C14H23N3O3S/c1-9(2)15-14(12(18)19)7-4-5-11(14)6-8-21-13-17-16-10(3)20-13/h9,11,15H,4-8H2,1-3H3,(H,18,19). The van der Waals surface area contributed by atoms with Gasteiger partial charge in [0.25, 0.3) is 5.22 Å². The highest BCUT2D eigenvalue weighted by atomic mass is 32.2. The smallest absolute Gasteiger partial charge is 0.324 e. The lowest BCUT2D eigenvalue weighted by Gasteiger charge is -2.34. The normalized spacial score (nSPS) is 25.6. The zero-order valence-corrected chi connectivity index (χ0v) is 13.6. The van der Waals surface area contributed by atoms with E-state index in [0.717, 1.165) is 25.0 Å². The van der Waals surface area contributed by atoms with Crippen LogP contribution in [-0.4, -0.2) is 38.6 Å². The number of nitrogens with zero attached hydrogens (tertiary/aromatic N) is 2. The van der Waals surface area contributed by atoms with Crippen LogP contribution in [0, 0.1) is 12.8 Å². The van der Waals surface area contributed by atoms with Crippen molar-refractivity contribution < 1.29 is 14.3 Å². The molecule has 0 amide bonds. The van der Waals surface area contributed by atoms with Gasteiger partial charge in [0.2, 0.25) is 5.89 Å². The largest absolute Gasteiger partial charge is 0.480 e. The Hall–Kier alpha value is -1.08. The average molecular weight is 313 g/mol. The Bertz CT molecular complexity index is 492. The molecule has 7 heteroatoms. The number of aliphatic carboxylic acids is 1. The highest BCUT2D eigenvalue weighted by molar-refractivity contribution is 7.99. The second-order valence-corrected chi connectivity index (χ2v) is 6.93. The molecule has 0 aromatic carbocycles. The maximum Gasteiger partial charge on any atom is 0.324 e. The minimum absolute atomic E-state index is 0.147. The van der Waals surface area contributed by atoms with E-state index >= 15 is 0 Å². The maximum absolute atomic E-state index is 11.8. The first kappa shape index (κ1) is 16.3. The third-order valence-corrected chi connectivity index (χ3v) is 4.80. The van der Waals surface area contributed by atoms with Gasteiger partial charge in [-0.25, -0.2) is 0 Å². The summed E-state index contributed by atoms with van der Waals surface area (Å²) in [5.74, 6) is 0.771. The van der Waals surface area contributed by atoms with Crippen LogP contribution in [-0.2, 0) is 4.79 Å². The fourth-order valence-corrected chi connectivity index (χ4v) is 4.00. The van der Waals surface area contributed by atoms with Gasteiger partial charge in [-0.05, 0) is 39.0 Å². The van der Waals surface area contributed by atoms with Crippen LogP contribution in [0.25, 0.3) is 0 Å². The van der Waals surface area contributed by atoms with Gasteiger partial charge in [0, 0.05) is 18.7 Å². The highest BCUT2D eigenvalue weighted by Gasteiger charge is 2.48. The minimum atomic E-state index is -0.778. The SMILES string of the molecule is Cc1nnc(SCCC2CCCC2(NC(C)C)C(=O)O)o1. The molecule has 2 unspecified atom stereocenters. The quantitative estimate of drug-likeness (QED) is 0.748. The van der Waals surface area contributed by atoms with E-state index in [0.29, 0.717) is 17.5 Å². The van der Waals surface area contributed by atoms with Gasteiger partial charge < -0.3 is 9.52 Å². The second-order valence-electron chi connectivity index (χ2n) is 5.89. The molecule has 2 atom stereocenters. The Morgan fingerprint density at radius 2 is 2.33 bits per heavy atom. The van der Waals surface area contributed by atoms with Gasteiger partial charge in [-0.15, -0.1) is 10.2 Å². The number of aromatic nitrogens is 2. The zero-order valence-electron chi connectivity index (χ0n) is 12.8. The van der Waals surface area contributed by atoms with Gasteiger partial charge in [0.1, 0.15) is 5.54 Å². The number of aryl methyl sites for hydroxylation is 1. The lowest BCUT2D eigenvalue weighted by Crippen LogP contribution is -2.57. The highest BCUT2D eigenvalue weighted by Crippen LogP contribution is 2.39. The van der Waals surface area contributed by atoms with Crippen molar-refractivity contribution in [3.8, 4) is 0 Å². The van der Waals surface area contributed by atoms with Crippen LogP contribution in [0.15, 0.2) is 9.64 Å². The van der Waals surface area contributed by atoms with Crippen LogP contribution in [0.1, 0.15) is 45.4 Å². The molecule has 2 N–H and O–H groups in total. The molecule has 1 aliphatic rings. The molecule has 0 aliphatic heterocycles. The molecule has 0 bridgehead atoms. The molecule has 118 valence electrons. The predicted octanol–water partition coefficient (Wildman–Crippen LogP) is 2.48. The summed E-state index contributed by atoms with van der Waals surface area (Å²) in [7, 11) is 0. The molecule has 1 aliphatic carbocycles. The van der Waals surface area contributed by atoms with E-state index in [9.17, 15) is 9.90 Å². The number of hydrogen-bond acceptors (Lipinski definition) is 6. The lowest BCUT2D eigenvalue weighted by atomic mass is 9.84. The molecular formula is C14H23N3O3S. The van der Waals surface area contributed by atoms with Crippen LogP contribution in [0.5, 0.6) is 0 Å². The minimum Gasteiger partial charge on any atom is -0.480 e. The topological polar surface area (TPSA) is 88.2 Å². The summed E-state index contributed by atoms with van der Waals surface area (Å²) in [5.41, 5.74) is -0.778. The summed E-state index contributed by atoms with van der Waals surface area (Å²) in [4.78, 5) is 11.8. The summed E-state index contributed by atoms with van der Waals surface area (Å²) < 4.78 is 5.32. The van der Waals surface area contributed by atoms with Gasteiger partial charge in [-0.1, -0.05) is 18.2 Å². The van der Waals surface area contributed by atoms with Crippen molar-refractivity contribution in [2.45, 2.75) is 63.3 Å².